The molecule has 0 saturated heterocycles. The van der Waals surface area contributed by atoms with Gasteiger partial charge in [-0.25, -0.2) is 4.79 Å². The van der Waals surface area contributed by atoms with E-state index < -0.39 is 0 Å². The second kappa shape index (κ2) is 4.42. The first-order valence-corrected chi connectivity index (χ1v) is 4.59. The van der Waals surface area contributed by atoms with Crippen LogP contribution in [-0.4, -0.2) is 5.97 Å². The summed E-state index contributed by atoms with van der Waals surface area (Å²) < 4.78 is 5.14. The highest BCUT2D eigenvalue weighted by Gasteiger charge is 2.06. The van der Waals surface area contributed by atoms with Crippen molar-refractivity contribution in [2.75, 3.05) is 0 Å². The number of benzene rings is 2. The smallest absolute Gasteiger partial charge is 0.343 e. The molecule has 2 aromatic rings. The summed E-state index contributed by atoms with van der Waals surface area (Å²) in [6, 6.07) is 18.6. The number of para-hydroxylation sites is 1. The summed E-state index contributed by atoms with van der Waals surface area (Å²) in [5, 5.41) is 0. The van der Waals surface area contributed by atoms with Crippen LogP contribution in [0.2, 0.25) is 0 Å². The van der Waals surface area contributed by atoms with Gasteiger partial charge >= 0.3 is 5.97 Å². The van der Waals surface area contributed by atoms with E-state index in [-0.39, 0.29) is 5.97 Å². The van der Waals surface area contributed by atoms with E-state index in [1.165, 1.54) is 0 Å². The van der Waals surface area contributed by atoms with Crippen LogP contribution in [0, 0.1) is 6.07 Å². The number of rotatable bonds is 2. The average Bonchev–Trinajstić information content (AvgIpc) is 2.31. The predicted octanol–water partition coefficient (Wildman–Crippen LogP) is 2.71. The van der Waals surface area contributed by atoms with E-state index in [0.29, 0.717) is 11.3 Å². The molecule has 0 saturated carbocycles. The molecule has 2 aromatic carbocycles. The van der Waals surface area contributed by atoms with Crippen LogP contribution in [0.3, 0.4) is 0 Å². The summed E-state index contributed by atoms with van der Waals surface area (Å²) >= 11 is 0. The van der Waals surface area contributed by atoms with E-state index in [4.69, 9.17) is 4.74 Å². The van der Waals surface area contributed by atoms with Crippen LogP contribution >= 0.6 is 0 Å². The molecule has 2 heteroatoms. The summed E-state index contributed by atoms with van der Waals surface area (Å²) in [5.74, 6) is 0.185. The third-order valence-corrected chi connectivity index (χ3v) is 1.90. The minimum atomic E-state index is -0.363. The van der Waals surface area contributed by atoms with Gasteiger partial charge in [0.1, 0.15) is 5.75 Å². The molecule has 0 heterocycles. The first-order valence-electron chi connectivity index (χ1n) is 4.59. The largest absolute Gasteiger partial charge is 0.423 e. The predicted molar refractivity (Wildman–Crippen MR) is 56.7 cm³/mol. The molecule has 0 bridgehead atoms. The van der Waals surface area contributed by atoms with Crippen LogP contribution in [0.5, 0.6) is 5.75 Å². The van der Waals surface area contributed by atoms with Gasteiger partial charge in [0.05, 0.1) is 5.56 Å². The topological polar surface area (TPSA) is 26.3 Å². The maximum atomic E-state index is 11.6. The molecule has 0 fully saturated rings. The fraction of sp³-hybridized carbons (Fsp3) is 0. The van der Waals surface area contributed by atoms with Crippen molar-refractivity contribution in [2.24, 2.45) is 0 Å². The second-order valence-electron chi connectivity index (χ2n) is 2.99. The first kappa shape index (κ1) is 9.46. The van der Waals surface area contributed by atoms with Crippen molar-refractivity contribution >= 4 is 5.97 Å². The highest BCUT2D eigenvalue weighted by molar-refractivity contribution is 5.90. The molecule has 0 aliphatic carbocycles. The maximum Gasteiger partial charge on any atom is 0.343 e. The fourth-order valence-electron chi connectivity index (χ4n) is 1.17. The van der Waals surface area contributed by atoms with Gasteiger partial charge in [0.25, 0.3) is 0 Å². The van der Waals surface area contributed by atoms with Crippen LogP contribution in [0.15, 0.2) is 54.6 Å². The monoisotopic (exact) mass is 197 g/mol. The van der Waals surface area contributed by atoms with Crippen molar-refractivity contribution < 1.29 is 9.53 Å². The molecule has 1 radical (unpaired) electrons. The third kappa shape index (κ3) is 2.44. The maximum absolute atomic E-state index is 11.6. The zero-order chi connectivity index (χ0) is 10.5. The highest BCUT2D eigenvalue weighted by Crippen LogP contribution is 2.11. The zero-order valence-electron chi connectivity index (χ0n) is 8.01. The molecular formula is C13H9O2. The Balaban J connectivity index is 2.12. The van der Waals surface area contributed by atoms with E-state index in [1.54, 1.807) is 36.4 Å². The summed E-state index contributed by atoms with van der Waals surface area (Å²) in [4.78, 5) is 11.6. The lowest BCUT2D eigenvalue weighted by atomic mass is 10.2. The fourth-order valence-corrected chi connectivity index (χ4v) is 1.17. The van der Waals surface area contributed by atoms with E-state index in [9.17, 15) is 4.79 Å². The minimum absolute atomic E-state index is 0.363. The summed E-state index contributed by atoms with van der Waals surface area (Å²) in [7, 11) is 0. The summed E-state index contributed by atoms with van der Waals surface area (Å²) in [6.45, 7) is 0. The molecule has 0 aliphatic rings. The van der Waals surface area contributed by atoms with E-state index in [2.05, 4.69) is 6.07 Å². The summed E-state index contributed by atoms with van der Waals surface area (Å²) in [5.41, 5.74) is 0.501. The van der Waals surface area contributed by atoms with E-state index >= 15 is 0 Å². The van der Waals surface area contributed by atoms with Crippen molar-refractivity contribution in [1.82, 2.24) is 0 Å². The van der Waals surface area contributed by atoms with E-state index in [1.807, 2.05) is 18.2 Å². The van der Waals surface area contributed by atoms with Crippen molar-refractivity contribution in [1.29, 1.82) is 0 Å². The standard InChI is InChI=1S/C13H9O2/c14-13(11-7-3-1-4-8-11)15-12-9-5-2-6-10-12/h1-3,5-10H. The molecular weight excluding hydrogens is 188 g/mol. The van der Waals surface area contributed by atoms with Gasteiger partial charge in [-0.1, -0.05) is 30.3 Å². The molecule has 0 amide bonds. The normalized spacial score (nSPS) is 9.60. The molecule has 0 aliphatic heterocycles. The van der Waals surface area contributed by atoms with E-state index in [0.717, 1.165) is 0 Å². The van der Waals surface area contributed by atoms with Crippen LogP contribution in [-0.2, 0) is 0 Å². The zero-order valence-corrected chi connectivity index (χ0v) is 8.01. The minimum Gasteiger partial charge on any atom is -0.423 e. The Morgan fingerprint density at radius 1 is 1.07 bits per heavy atom. The van der Waals surface area contributed by atoms with Crippen molar-refractivity contribution in [2.45, 2.75) is 0 Å². The number of hydrogen-bond acceptors (Lipinski definition) is 2. The van der Waals surface area contributed by atoms with Crippen molar-refractivity contribution in [3.8, 4) is 5.75 Å². The molecule has 2 nitrogen and oxygen atoms in total. The highest BCUT2D eigenvalue weighted by atomic mass is 16.5. The number of carbonyl (C=O) groups excluding carboxylic acids is 1. The SMILES string of the molecule is O=C(Oc1ccccc1)c1c[c]ccc1. The quantitative estimate of drug-likeness (QED) is 0.546. The Labute approximate surface area is 88.1 Å². The molecule has 0 aromatic heterocycles. The first-order chi connectivity index (χ1) is 7.36. The Hall–Kier alpha value is -2.09. The molecule has 73 valence electrons. The second-order valence-corrected chi connectivity index (χ2v) is 2.99. The van der Waals surface area contributed by atoms with Crippen LogP contribution in [0.25, 0.3) is 0 Å². The Bertz CT molecular complexity index is 435. The Morgan fingerprint density at radius 3 is 2.53 bits per heavy atom. The third-order valence-electron chi connectivity index (χ3n) is 1.90. The molecule has 0 spiro atoms. The number of hydrogen-bond donors (Lipinski definition) is 0. The molecule has 0 unspecified atom stereocenters. The Morgan fingerprint density at radius 2 is 1.87 bits per heavy atom. The van der Waals surface area contributed by atoms with Gasteiger partial charge in [-0.05, 0) is 30.3 Å². The lowest BCUT2D eigenvalue weighted by Gasteiger charge is -2.02. The van der Waals surface area contributed by atoms with Gasteiger partial charge < -0.3 is 4.74 Å². The molecule has 2 rings (SSSR count). The van der Waals surface area contributed by atoms with Crippen LogP contribution in [0.1, 0.15) is 10.4 Å². The summed E-state index contributed by atoms with van der Waals surface area (Å²) in [6.07, 6.45) is 0. The van der Waals surface area contributed by atoms with Gasteiger partial charge in [-0.2, -0.15) is 0 Å². The van der Waals surface area contributed by atoms with Crippen molar-refractivity contribution in [3.05, 3.63) is 66.2 Å². The number of esters is 1. The lowest BCUT2D eigenvalue weighted by molar-refractivity contribution is 0.0735. The van der Waals surface area contributed by atoms with Crippen molar-refractivity contribution in [3.63, 3.8) is 0 Å². The van der Waals surface area contributed by atoms with Gasteiger partial charge in [0.15, 0.2) is 0 Å². The molecule has 15 heavy (non-hydrogen) atoms. The van der Waals surface area contributed by atoms with Crippen LogP contribution in [0.4, 0.5) is 0 Å². The Kier molecular flexibility index (Phi) is 2.79. The number of ether oxygens (including phenoxy) is 1. The van der Waals surface area contributed by atoms with Gasteiger partial charge in [0, 0.05) is 0 Å². The average molecular weight is 197 g/mol. The van der Waals surface area contributed by atoms with Gasteiger partial charge in [0.2, 0.25) is 0 Å². The molecule has 0 atom stereocenters. The lowest BCUT2D eigenvalue weighted by Crippen LogP contribution is -2.07. The number of carbonyl (C=O) groups is 1. The molecule has 0 N–H and O–H groups in total. The van der Waals surface area contributed by atoms with Gasteiger partial charge in [-0.15, -0.1) is 0 Å². The van der Waals surface area contributed by atoms with Gasteiger partial charge in [-0.3, -0.25) is 0 Å². The van der Waals surface area contributed by atoms with Crippen LogP contribution < -0.4 is 4.74 Å².